The molecular formula is C16H14ClN3O2. The van der Waals surface area contributed by atoms with Crippen LogP contribution < -0.4 is 0 Å². The number of fused-ring (bicyclic) bond motifs is 1. The number of rotatable bonds is 3. The van der Waals surface area contributed by atoms with Crippen LogP contribution in [-0.4, -0.2) is 27.6 Å². The lowest BCUT2D eigenvalue weighted by molar-refractivity contribution is 0.0594. The van der Waals surface area contributed by atoms with Crippen LogP contribution >= 0.6 is 11.6 Å². The molecule has 112 valence electrons. The summed E-state index contributed by atoms with van der Waals surface area (Å²) in [5.41, 5.74) is 2.28. The summed E-state index contributed by atoms with van der Waals surface area (Å²) in [7, 11) is 1.34. The van der Waals surface area contributed by atoms with Crippen molar-refractivity contribution in [3.63, 3.8) is 0 Å². The predicted molar refractivity (Wildman–Crippen MR) is 84.2 cm³/mol. The van der Waals surface area contributed by atoms with Gasteiger partial charge in [0.2, 0.25) is 0 Å². The molecule has 2 heterocycles. The number of nitrogens with zero attached hydrogens (tertiary/aromatic N) is 3. The Bertz CT molecular complexity index is 858. The number of aryl methyl sites for hydroxylation is 1. The number of hydrogen-bond donors (Lipinski definition) is 0. The highest BCUT2D eigenvalue weighted by molar-refractivity contribution is 6.31. The molecule has 0 spiro atoms. The molecule has 3 aromatic rings. The molecule has 1 aromatic carbocycles. The first-order valence-electron chi connectivity index (χ1n) is 6.73. The van der Waals surface area contributed by atoms with Crippen LogP contribution in [0, 0.1) is 6.92 Å². The molecule has 0 saturated heterocycles. The van der Waals surface area contributed by atoms with Crippen molar-refractivity contribution in [2.45, 2.75) is 13.5 Å². The van der Waals surface area contributed by atoms with E-state index in [2.05, 4.69) is 14.7 Å². The van der Waals surface area contributed by atoms with Gasteiger partial charge in [-0.2, -0.15) is 0 Å². The number of imidazole rings is 1. The largest absolute Gasteiger partial charge is 0.464 e. The van der Waals surface area contributed by atoms with Crippen molar-refractivity contribution in [2.75, 3.05) is 7.11 Å². The molecule has 0 fully saturated rings. The number of pyridine rings is 1. The summed E-state index contributed by atoms with van der Waals surface area (Å²) in [5, 5.41) is 1.59. The Kier molecular flexibility index (Phi) is 3.81. The van der Waals surface area contributed by atoms with E-state index in [1.807, 2.05) is 35.8 Å². The van der Waals surface area contributed by atoms with Crippen LogP contribution in [0.3, 0.4) is 0 Å². The average molecular weight is 316 g/mol. The molecular weight excluding hydrogens is 302 g/mol. The Balaban J connectivity index is 1.92. The third-order valence-corrected chi connectivity index (χ3v) is 3.64. The van der Waals surface area contributed by atoms with E-state index in [-0.39, 0.29) is 0 Å². The summed E-state index contributed by atoms with van der Waals surface area (Å²) in [6, 6.07) is 7.87. The Hall–Kier alpha value is -2.40. The number of ether oxygens (including phenoxy) is 1. The topological polar surface area (TPSA) is 57.0 Å². The van der Waals surface area contributed by atoms with Crippen molar-refractivity contribution in [3.8, 4) is 0 Å². The number of carbonyl (C=O) groups is 1. The van der Waals surface area contributed by atoms with E-state index < -0.39 is 5.97 Å². The maximum Gasteiger partial charge on any atom is 0.358 e. The fourth-order valence-electron chi connectivity index (χ4n) is 2.32. The number of benzene rings is 1. The molecule has 22 heavy (non-hydrogen) atoms. The molecule has 0 radical (unpaired) electrons. The Morgan fingerprint density at radius 2 is 2.18 bits per heavy atom. The van der Waals surface area contributed by atoms with Crippen LogP contribution in [0.15, 0.2) is 36.7 Å². The lowest BCUT2D eigenvalue weighted by atomic mass is 10.1. The van der Waals surface area contributed by atoms with Gasteiger partial charge >= 0.3 is 5.97 Å². The Morgan fingerprint density at radius 3 is 2.95 bits per heavy atom. The lowest BCUT2D eigenvalue weighted by Gasteiger charge is -2.06. The fraction of sp³-hybridized carbons (Fsp3) is 0.188. The fourth-order valence-corrected chi connectivity index (χ4v) is 2.49. The van der Waals surface area contributed by atoms with E-state index in [9.17, 15) is 4.79 Å². The minimum atomic E-state index is -0.434. The van der Waals surface area contributed by atoms with Gasteiger partial charge in [-0.25, -0.2) is 9.78 Å². The second-order valence-corrected chi connectivity index (χ2v) is 5.41. The number of hydrogen-bond acceptors (Lipinski definition) is 4. The molecule has 5 nitrogen and oxygen atoms in total. The van der Waals surface area contributed by atoms with Crippen molar-refractivity contribution in [1.82, 2.24) is 14.5 Å². The number of esters is 1. The summed E-state index contributed by atoms with van der Waals surface area (Å²) in [5.74, 6) is 0.320. The van der Waals surface area contributed by atoms with Gasteiger partial charge in [0, 0.05) is 24.3 Å². The molecule has 0 saturated carbocycles. The molecule has 0 atom stereocenters. The first kappa shape index (κ1) is 14.5. The minimum Gasteiger partial charge on any atom is -0.464 e. The second-order valence-electron chi connectivity index (χ2n) is 4.97. The van der Waals surface area contributed by atoms with Gasteiger partial charge in [-0.05, 0) is 30.7 Å². The third kappa shape index (κ3) is 2.80. The molecule has 6 heteroatoms. The molecule has 0 bridgehead atoms. The molecule has 0 aliphatic carbocycles. The standard InChI is InChI=1S/C16H14ClN3O2/c1-10-19-15(16(21)22-2)9-20(10)8-11-3-4-14-12(5-11)6-13(17)7-18-14/h3-7,9H,8H2,1-2H3. The van der Waals surface area contributed by atoms with E-state index in [1.54, 1.807) is 12.4 Å². The maximum absolute atomic E-state index is 11.5. The molecule has 0 N–H and O–H groups in total. The van der Waals surface area contributed by atoms with Crippen molar-refractivity contribution < 1.29 is 9.53 Å². The predicted octanol–water partition coefficient (Wildman–Crippen LogP) is 3.23. The summed E-state index contributed by atoms with van der Waals surface area (Å²) in [6.45, 7) is 2.46. The molecule has 0 amide bonds. The van der Waals surface area contributed by atoms with Gasteiger partial charge in [-0.3, -0.25) is 4.98 Å². The van der Waals surface area contributed by atoms with E-state index in [4.69, 9.17) is 11.6 Å². The van der Waals surface area contributed by atoms with Crippen molar-refractivity contribution >= 4 is 28.5 Å². The lowest BCUT2D eigenvalue weighted by Crippen LogP contribution is -2.02. The van der Waals surface area contributed by atoms with Crippen molar-refractivity contribution in [1.29, 1.82) is 0 Å². The van der Waals surface area contributed by atoms with Gasteiger partial charge < -0.3 is 9.30 Å². The van der Waals surface area contributed by atoms with Gasteiger partial charge in [0.1, 0.15) is 5.82 Å². The van der Waals surface area contributed by atoms with Gasteiger partial charge in [-0.15, -0.1) is 0 Å². The van der Waals surface area contributed by atoms with E-state index >= 15 is 0 Å². The van der Waals surface area contributed by atoms with Crippen LogP contribution in [-0.2, 0) is 11.3 Å². The zero-order valence-corrected chi connectivity index (χ0v) is 13.0. The van der Waals surface area contributed by atoms with Crippen LogP contribution in [0.25, 0.3) is 10.9 Å². The normalized spacial score (nSPS) is 10.9. The summed E-state index contributed by atoms with van der Waals surface area (Å²) in [4.78, 5) is 20.0. The van der Waals surface area contributed by atoms with Crippen LogP contribution in [0.5, 0.6) is 0 Å². The van der Waals surface area contributed by atoms with E-state index in [0.29, 0.717) is 17.3 Å². The van der Waals surface area contributed by atoms with Crippen LogP contribution in [0.1, 0.15) is 21.9 Å². The first-order chi connectivity index (χ1) is 10.6. The number of methoxy groups -OCH3 is 1. The number of carbonyl (C=O) groups excluding carboxylic acids is 1. The van der Waals surface area contributed by atoms with Gasteiger partial charge in [0.15, 0.2) is 5.69 Å². The Labute approximate surface area is 132 Å². The number of halogens is 1. The quantitative estimate of drug-likeness (QED) is 0.696. The molecule has 0 unspecified atom stereocenters. The molecule has 0 aliphatic rings. The van der Waals surface area contributed by atoms with Gasteiger partial charge in [0.05, 0.1) is 17.6 Å². The van der Waals surface area contributed by atoms with Crippen LogP contribution in [0.2, 0.25) is 5.02 Å². The monoisotopic (exact) mass is 315 g/mol. The SMILES string of the molecule is COC(=O)c1cn(Cc2ccc3ncc(Cl)cc3c2)c(C)n1. The summed E-state index contributed by atoms with van der Waals surface area (Å²) < 4.78 is 6.60. The first-order valence-corrected chi connectivity index (χ1v) is 7.11. The highest BCUT2D eigenvalue weighted by Gasteiger charge is 2.12. The highest BCUT2D eigenvalue weighted by Crippen LogP contribution is 2.19. The Morgan fingerprint density at radius 1 is 1.36 bits per heavy atom. The highest BCUT2D eigenvalue weighted by atomic mass is 35.5. The molecule has 3 rings (SSSR count). The average Bonchev–Trinajstić information content (AvgIpc) is 2.87. The van der Waals surface area contributed by atoms with Gasteiger partial charge in [-0.1, -0.05) is 17.7 Å². The maximum atomic E-state index is 11.5. The smallest absolute Gasteiger partial charge is 0.358 e. The second kappa shape index (κ2) is 5.77. The van der Waals surface area contributed by atoms with E-state index in [0.717, 1.165) is 22.3 Å². The zero-order chi connectivity index (χ0) is 15.7. The van der Waals surface area contributed by atoms with Gasteiger partial charge in [0.25, 0.3) is 0 Å². The van der Waals surface area contributed by atoms with Crippen molar-refractivity contribution in [3.05, 3.63) is 58.8 Å². The third-order valence-electron chi connectivity index (χ3n) is 3.44. The summed E-state index contributed by atoms with van der Waals surface area (Å²) >= 11 is 5.98. The van der Waals surface area contributed by atoms with Crippen LogP contribution in [0.4, 0.5) is 0 Å². The summed E-state index contributed by atoms with van der Waals surface area (Å²) in [6.07, 6.45) is 3.33. The molecule has 2 aromatic heterocycles. The minimum absolute atomic E-state index is 0.311. The zero-order valence-electron chi connectivity index (χ0n) is 12.2. The van der Waals surface area contributed by atoms with Crippen molar-refractivity contribution in [2.24, 2.45) is 0 Å². The van der Waals surface area contributed by atoms with E-state index in [1.165, 1.54) is 7.11 Å². The number of aromatic nitrogens is 3. The molecule has 0 aliphatic heterocycles.